The number of hydrogen-bond donors (Lipinski definition) is 1. The lowest BCUT2D eigenvalue weighted by molar-refractivity contribution is -0.384. The van der Waals surface area contributed by atoms with Crippen LogP contribution in [-0.4, -0.2) is 15.9 Å². The summed E-state index contributed by atoms with van der Waals surface area (Å²) < 4.78 is 0.654. The molecule has 0 aliphatic rings. The van der Waals surface area contributed by atoms with Gasteiger partial charge in [0, 0.05) is 22.3 Å². The fourth-order valence-electron chi connectivity index (χ4n) is 1.71. The highest BCUT2D eigenvalue weighted by atomic mass is 79.9. The maximum absolute atomic E-state index is 11.1. The monoisotopic (exact) mass is 315 g/mol. The van der Waals surface area contributed by atoms with E-state index < -0.39 is 0 Å². The molecule has 1 rings (SSSR count). The van der Waals surface area contributed by atoms with Gasteiger partial charge in [0.15, 0.2) is 0 Å². The molecule has 0 fully saturated rings. The number of aromatic nitrogens is 1. The number of hydrogen-bond acceptors (Lipinski definition) is 4. The van der Waals surface area contributed by atoms with Crippen molar-refractivity contribution < 1.29 is 4.92 Å². The first-order chi connectivity index (χ1) is 8.47. The number of nitro groups is 1. The van der Waals surface area contributed by atoms with E-state index in [1.54, 1.807) is 13.1 Å². The lowest BCUT2D eigenvalue weighted by Gasteiger charge is -2.15. The fraction of sp³-hybridized carbons (Fsp3) is 0.583. The quantitative estimate of drug-likeness (QED) is 0.635. The van der Waals surface area contributed by atoms with Crippen molar-refractivity contribution in [2.24, 2.45) is 0 Å². The van der Waals surface area contributed by atoms with E-state index in [1.807, 2.05) is 6.92 Å². The zero-order valence-corrected chi connectivity index (χ0v) is 12.5. The lowest BCUT2D eigenvalue weighted by Crippen LogP contribution is -2.17. The lowest BCUT2D eigenvalue weighted by atomic mass is 10.1. The molecule has 18 heavy (non-hydrogen) atoms. The van der Waals surface area contributed by atoms with E-state index in [9.17, 15) is 10.1 Å². The number of rotatable bonds is 6. The molecule has 0 aliphatic carbocycles. The largest absolute Gasteiger partial charge is 0.362 e. The summed E-state index contributed by atoms with van der Waals surface area (Å²) in [5, 5.41) is 14.2. The van der Waals surface area contributed by atoms with Gasteiger partial charge in [0.2, 0.25) is 5.82 Å². The summed E-state index contributed by atoms with van der Waals surface area (Å²) in [6, 6.07) is 0.178. The molecule has 1 aromatic heterocycles. The Morgan fingerprint density at radius 3 is 2.83 bits per heavy atom. The van der Waals surface area contributed by atoms with Crippen LogP contribution in [0.4, 0.5) is 11.5 Å². The molecule has 0 saturated heterocycles. The van der Waals surface area contributed by atoms with Crippen molar-refractivity contribution in [2.75, 3.05) is 5.32 Å². The smallest absolute Gasteiger partial charge is 0.315 e. The number of nitrogens with one attached hydrogen (secondary N) is 1. The molecule has 1 aromatic rings. The molecular weight excluding hydrogens is 298 g/mol. The Kier molecular flexibility index (Phi) is 5.53. The molecule has 1 heterocycles. The fourth-order valence-corrected chi connectivity index (χ4v) is 2.00. The van der Waals surface area contributed by atoms with Gasteiger partial charge in [0.05, 0.1) is 4.92 Å². The first kappa shape index (κ1) is 14.9. The number of nitrogens with zero attached hydrogens (tertiary/aromatic N) is 2. The van der Waals surface area contributed by atoms with Crippen molar-refractivity contribution in [2.45, 2.75) is 46.1 Å². The van der Waals surface area contributed by atoms with Gasteiger partial charge in [-0.25, -0.2) is 4.98 Å². The van der Waals surface area contributed by atoms with E-state index in [-0.39, 0.29) is 16.7 Å². The summed E-state index contributed by atoms with van der Waals surface area (Å²) in [7, 11) is 0. The second kappa shape index (κ2) is 6.68. The molecule has 0 radical (unpaired) electrons. The topological polar surface area (TPSA) is 68.1 Å². The zero-order valence-electron chi connectivity index (χ0n) is 10.9. The molecule has 1 atom stereocenters. The SMILES string of the molecule is CCCCC(C)Nc1ncc(Br)c(C)c1[N+](=O)[O-]. The molecule has 6 heteroatoms. The number of unbranched alkanes of at least 4 members (excludes halogenated alkanes) is 1. The third-order valence-electron chi connectivity index (χ3n) is 2.80. The second-order valence-corrected chi connectivity index (χ2v) is 5.23. The summed E-state index contributed by atoms with van der Waals surface area (Å²) in [6.45, 7) is 5.85. The van der Waals surface area contributed by atoms with Crippen LogP contribution in [0.5, 0.6) is 0 Å². The average Bonchev–Trinajstić information content (AvgIpc) is 2.31. The predicted octanol–water partition coefficient (Wildman–Crippen LogP) is 4.05. The Bertz CT molecular complexity index is 438. The summed E-state index contributed by atoms with van der Waals surface area (Å²) in [5.74, 6) is 0.351. The van der Waals surface area contributed by atoms with Gasteiger partial charge >= 0.3 is 5.69 Å². The van der Waals surface area contributed by atoms with E-state index in [1.165, 1.54) is 0 Å². The molecule has 1 unspecified atom stereocenters. The molecule has 0 aromatic carbocycles. The van der Waals surface area contributed by atoms with Gasteiger partial charge in [-0.05, 0) is 36.2 Å². The minimum absolute atomic E-state index is 0.0488. The van der Waals surface area contributed by atoms with Crippen molar-refractivity contribution in [3.05, 3.63) is 26.3 Å². The van der Waals surface area contributed by atoms with Crippen LogP contribution >= 0.6 is 15.9 Å². The van der Waals surface area contributed by atoms with Crippen LogP contribution in [0.3, 0.4) is 0 Å². The maximum atomic E-state index is 11.1. The van der Waals surface area contributed by atoms with Gasteiger partial charge < -0.3 is 5.32 Å². The zero-order chi connectivity index (χ0) is 13.7. The second-order valence-electron chi connectivity index (χ2n) is 4.37. The summed E-state index contributed by atoms with van der Waals surface area (Å²) >= 11 is 3.26. The standard InChI is InChI=1S/C12H18BrN3O2/c1-4-5-6-8(2)15-12-11(16(17)18)9(3)10(13)7-14-12/h7-8H,4-6H2,1-3H3,(H,14,15). The number of halogens is 1. The Morgan fingerprint density at radius 1 is 1.61 bits per heavy atom. The summed E-state index contributed by atoms with van der Waals surface area (Å²) in [6.07, 6.45) is 4.78. The highest BCUT2D eigenvalue weighted by Gasteiger charge is 2.21. The first-order valence-corrected chi connectivity index (χ1v) is 6.82. The molecule has 0 aliphatic heterocycles. The molecule has 1 N–H and O–H groups in total. The van der Waals surface area contributed by atoms with E-state index >= 15 is 0 Å². The average molecular weight is 316 g/mol. The van der Waals surface area contributed by atoms with Crippen LogP contribution in [0.25, 0.3) is 0 Å². The van der Waals surface area contributed by atoms with E-state index in [4.69, 9.17) is 0 Å². The highest BCUT2D eigenvalue weighted by molar-refractivity contribution is 9.10. The third kappa shape index (κ3) is 3.66. The molecule has 0 spiro atoms. The van der Waals surface area contributed by atoms with Gasteiger partial charge in [0.1, 0.15) is 0 Å². The molecule has 0 saturated carbocycles. The van der Waals surface area contributed by atoms with E-state index in [0.29, 0.717) is 15.9 Å². The molecule has 5 nitrogen and oxygen atoms in total. The Morgan fingerprint density at radius 2 is 2.28 bits per heavy atom. The minimum Gasteiger partial charge on any atom is -0.362 e. The van der Waals surface area contributed by atoms with Crippen LogP contribution in [0.15, 0.2) is 10.7 Å². The van der Waals surface area contributed by atoms with Crippen molar-refractivity contribution in [1.82, 2.24) is 4.98 Å². The van der Waals surface area contributed by atoms with E-state index in [2.05, 4.69) is 33.2 Å². The van der Waals surface area contributed by atoms with Crippen molar-refractivity contribution in [3.8, 4) is 0 Å². The van der Waals surface area contributed by atoms with Crippen molar-refractivity contribution in [3.63, 3.8) is 0 Å². The third-order valence-corrected chi connectivity index (χ3v) is 3.60. The van der Waals surface area contributed by atoms with Crippen LogP contribution in [-0.2, 0) is 0 Å². The van der Waals surface area contributed by atoms with Crippen LogP contribution < -0.4 is 5.32 Å². The predicted molar refractivity (Wildman–Crippen MR) is 75.9 cm³/mol. The molecule has 0 amide bonds. The van der Waals surface area contributed by atoms with Crippen LogP contribution in [0.2, 0.25) is 0 Å². The van der Waals surface area contributed by atoms with Gasteiger partial charge in [-0.15, -0.1) is 0 Å². The summed E-state index contributed by atoms with van der Waals surface area (Å²) in [4.78, 5) is 14.8. The Hall–Kier alpha value is -1.17. The highest BCUT2D eigenvalue weighted by Crippen LogP contribution is 2.31. The Labute approximate surface area is 115 Å². The summed E-state index contributed by atoms with van der Waals surface area (Å²) in [5.41, 5.74) is 0.646. The normalized spacial score (nSPS) is 12.2. The van der Waals surface area contributed by atoms with Gasteiger partial charge in [-0.1, -0.05) is 19.8 Å². The maximum Gasteiger partial charge on any atom is 0.315 e. The first-order valence-electron chi connectivity index (χ1n) is 6.03. The van der Waals surface area contributed by atoms with Gasteiger partial charge in [-0.3, -0.25) is 10.1 Å². The van der Waals surface area contributed by atoms with Gasteiger partial charge in [-0.2, -0.15) is 0 Å². The molecule has 100 valence electrons. The molecular formula is C12H18BrN3O2. The van der Waals surface area contributed by atoms with Crippen molar-refractivity contribution >= 4 is 27.4 Å². The van der Waals surface area contributed by atoms with Crippen LogP contribution in [0, 0.1) is 17.0 Å². The minimum atomic E-state index is -0.387. The number of pyridine rings is 1. The van der Waals surface area contributed by atoms with Gasteiger partial charge in [0.25, 0.3) is 0 Å². The number of anilines is 1. The Balaban J connectivity index is 2.95. The van der Waals surface area contributed by atoms with E-state index in [0.717, 1.165) is 19.3 Å². The van der Waals surface area contributed by atoms with Crippen LogP contribution in [0.1, 0.15) is 38.7 Å². The molecule has 0 bridgehead atoms. The van der Waals surface area contributed by atoms with Crippen molar-refractivity contribution in [1.29, 1.82) is 0 Å².